The van der Waals surface area contributed by atoms with Gasteiger partial charge < -0.3 is 25.5 Å². The van der Waals surface area contributed by atoms with E-state index >= 15 is 0 Å². The van der Waals surface area contributed by atoms with Gasteiger partial charge in [-0.2, -0.15) is 0 Å². The van der Waals surface area contributed by atoms with Gasteiger partial charge in [0.1, 0.15) is 28.3 Å². The molecule has 0 spiro atoms. The second-order valence-corrected chi connectivity index (χ2v) is 19.2. The first kappa shape index (κ1) is 45.3. The highest BCUT2D eigenvalue weighted by Gasteiger charge is 2.55. The number of esters is 1. The van der Waals surface area contributed by atoms with E-state index < -0.39 is 47.1 Å². The standard InChI is InChI=1S/C53H43N7O6S3/c61-42-30-43(56-42)66-59-44(41-33-69-52(55-41)58-53(37-20-10-3-11-21-37,38-22-12-4-13-23-38)39-24-14-5-15-25-39)48(62)57-45-49(63)60-46(36(32-68-50(45)60)31-67-40-26-28-54-29-27-40)51(64)65-47(34-16-6-1-7-17-34)35-18-8-2-9-19-35/h1-29,33,43,45,47,50H,30-32H2,(H,55,58)(H,56,61)(H,57,62)/b59-44-/t43?,45?,50-/m0/s1. The van der Waals surface area contributed by atoms with E-state index in [4.69, 9.17) is 14.6 Å². The first-order chi connectivity index (χ1) is 33.9. The number of anilines is 1. The molecule has 5 aromatic carbocycles. The van der Waals surface area contributed by atoms with Crippen molar-refractivity contribution in [2.45, 2.75) is 40.6 Å². The van der Waals surface area contributed by atoms with Gasteiger partial charge in [-0.15, -0.1) is 34.9 Å². The van der Waals surface area contributed by atoms with Crippen molar-refractivity contribution in [2.24, 2.45) is 5.16 Å². The molecule has 2 fully saturated rings. The van der Waals surface area contributed by atoms with Gasteiger partial charge in [0, 0.05) is 34.2 Å². The van der Waals surface area contributed by atoms with Crippen molar-refractivity contribution in [1.29, 1.82) is 0 Å². The number of amides is 3. The van der Waals surface area contributed by atoms with Crippen LogP contribution < -0.4 is 16.0 Å². The Labute approximate surface area is 410 Å². The number of hydrogen-bond donors (Lipinski definition) is 3. The average molecular weight is 970 g/mol. The molecule has 10 rings (SSSR count). The quantitative estimate of drug-likeness (QED) is 0.0201. The van der Waals surface area contributed by atoms with Crippen LogP contribution in [0.1, 0.15) is 46.0 Å². The van der Waals surface area contributed by atoms with Crippen LogP contribution in [-0.2, 0) is 34.3 Å². The normalized spacial score (nSPS) is 17.8. The van der Waals surface area contributed by atoms with Crippen LogP contribution in [0.5, 0.6) is 0 Å². The molecule has 344 valence electrons. The number of nitrogens with one attached hydrogen (secondary N) is 3. The maximum absolute atomic E-state index is 14.6. The van der Waals surface area contributed by atoms with E-state index in [1.807, 2.05) is 127 Å². The Bertz CT molecular complexity index is 2880. The molecule has 2 unspecified atom stereocenters. The van der Waals surface area contributed by atoms with Gasteiger partial charge in [0.05, 0.1) is 6.42 Å². The predicted octanol–water partition coefficient (Wildman–Crippen LogP) is 8.29. The third-order valence-electron chi connectivity index (χ3n) is 11.9. The zero-order chi connectivity index (χ0) is 47.2. The summed E-state index contributed by atoms with van der Waals surface area (Å²) in [6.45, 7) is 0. The molecule has 0 radical (unpaired) electrons. The number of aromatic nitrogens is 2. The molecule has 0 bridgehead atoms. The molecule has 16 heteroatoms. The Balaban J connectivity index is 0.943. The van der Waals surface area contributed by atoms with Gasteiger partial charge in [0.25, 0.3) is 11.8 Å². The summed E-state index contributed by atoms with van der Waals surface area (Å²) in [6.07, 6.45) is 1.97. The number of ether oxygens (including phenoxy) is 1. The van der Waals surface area contributed by atoms with E-state index in [1.54, 1.807) is 17.8 Å². The number of oxime groups is 1. The molecule has 13 nitrogen and oxygen atoms in total. The Morgan fingerprint density at radius 2 is 1.35 bits per heavy atom. The third kappa shape index (κ3) is 9.51. The molecule has 3 aliphatic rings. The number of benzene rings is 5. The number of carbonyl (C=O) groups excluding carboxylic acids is 4. The van der Waals surface area contributed by atoms with Crippen LogP contribution in [0.4, 0.5) is 5.13 Å². The molecule has 5 heterocycles. The monoisotopic (exact) mass is 969 g/mol. The number of nitrogens with zero attached hydrogens (tertiary/aromatic N) is 4. The highest BCUT2D eigenvalue weighted by molar-refractivity contribution is 8.01. The molecule has 0 saturated carbocycles. The SMILES string of the molecule is O=C1CC(O/N=C(\C(=O)NC2C(=O)N3C(C(=O)OC(c4ccccc4)c4ccccc4)=C(CSc4ccncc4)CS[C@@H]23)c2csc(NC(c3ccccc3)(c3ccccc3)c3ccccc3)n2)N1. The Hall–Kier alpha value is -7.53. The molecule has 3 atom stereocenters. The summed E-state index contributed by atoms with van der Waals surface area (Å²) in [5.41, 5.74) is 4.37. The highest BCUT2D eigenvalue weighted by Crippen LogP contribution is 2.44. The number of rotatable bonds is 17. The lowest BCUT2D eigenvalue weighted by molar-refractivity contribution is -0.154. The first-order valence-electron chi connectivity index (χ1n) is 22.1. The molecule has 3 amide bonds. The lowest BCUT2D eigenvalue weighted by Crippen LogP contribution is -2.71. The van der Waals surface area contributed by atoms with Crippen molar-refractivity contribution in [2.75, 3.05) is 16.8 Å². The first-order valence-corrected chi connectivity index (χ1v) is 25.0. The maximum Gasteiger partial charge on any atom is 0.356 e. The molecule has 2 aromatic heterocycles. The van der Waals surface area contributed by atoms with Gasteiger partial charge in [-0.05, 0) is 45.5 Å². The lowest BCUT2D eigenvalue weighted by Gasteiger charge is -2.49. The van der Waals surface area contributed by atoms with Crippen molar-refractivity contribution in [3.05, 3.63) is 226 Å². The summed E-state index contributed by atoms with van der Waals surface area (Å²) >= 11 is 4.24. The summed E-state index contributed by atoms with van der Waals surface area (Å²) in [5.74, 6) is -1.28. The van der Waals surface area contributed by atoms with Crippen molar-refractivity contribution >= 4 is 69.4 Å². The van der Waals surface area contributed by atoms with Crippen LogP contribution in [-0.4, -0.2) is 73.4 Å². The number of carbonyl (C=O) groups is 4. The summed E-state index contributed by atoms with van der Waals surface area (Å²) in [5, 5.41) is 15.0. The summed E-state index contributed by atoms with van der Waals surface area (Å²) in [4.78, 5) is 72.6. The molecule has 2 saturated heterocycles. The van der Waals surface area contributed by atoms with E-state index in [0.717, 1.165) is 38.3 Å². The van der Waals surface area contributed by atoms with Crippen molar-refractivity contribution < 1.29 is 28.8 Å². The smallest absolute Gasteiger partial charge is 0.356 e. The van der Waals surface area contributed by atoms with E-state index in [1.165, 1.54) is 39.8 Å². The Kier molecular flexibility index (Phi) is 13.4. The lowest BCUT2D eigenvalue weighted by atomic mass is 9.77. The number of hydrogen-bond acceptors (Lipinski definition) is 13. The number of thiazole rings is 1. The van der Waals surface area contributed by atoms with Crippen molar-refractivity contribution in [1.82, 2.24) is 25.5 Å². The topological polar surface area (TPSA) is 164 Å². The fourth-order valence-electron chi connectivity index (χ4n) is 8.44. The van der Waals surface area contributed by atoms with E-state index in [9.17, 15) is 19.2 Å². The van der Waals surface area contributed by atoms with Crippen LogP contribution in [0, 0.1) is 0 Å². The fourth-order valence-corrected chi connectivity index (χ4v) is 11.6. The van der Waals surface area contributed by atoms with Gasteiger partial charge in [0.15, 0.2) is 16.9 Å². The minimum Gasteiger partial charge on any atom is -0.448 e. The average Bonchev–Trinajstić information content (AvgIpc) is 3.86. The highest BCUT2D eigenvalue weighted by atomic mass is 32.2. The molecule has 3 N–H and O–H groups in total. The molecular weight excluding hydrogens is 927 g/mol. The van der Waals surface area contributed by atoms with E-state index in [0.29, 0.717) is 16.6 Å². The fraction of sp³-hybridized carbons (Fsp3) is 0.151. The predicted molar refractivity (Wildman–Crippen MR) is 267 cm³/mol. The molecule has 3 aliphatic heterocycles. The van der Waals surface area contributed by atoms with Crippen molar-refractivity contribution in [3.8, 4) is 0 Å². The van der Waals surface area contributed by atoms with Crippen LogP contribution >= 0.6 is 34.9 Å². The number of thioether (sulfide) groups is 2. The Morgan fingerprint density at radius 3 is 1.90 bits per heavy atom. The minimum absolute atomic E-state index is 0.0627. The third-order valence-corrected chi connectivity index (χ3v) is 15.1. The van der Waals surface area contributed by atoms with E-state index in [-0.39, 0.29) is 29.4 Å². The van der Waals surface area contributed by atoms with Gasteiger partial charge in [0.2, 0.25) is 12.1 Å². The molecule has 0 aliphatic carbocycles. The summed E-state index contributed by atoms with van der Waals surface area (Å²) in [7, 11) is 0. The van der Waals surface area contributed by atoms with Gasteiger partial charge in [-0.25, -0.2) is 9.78 Å². The molecule has 7 aromatic rings. The Morgan fingerprint density at radius 1 is 0.797 bits per heavy atom. The number of pyridine rings is 1. The largest absolute Gasteiger partial charge is 0.448 e. The summed E-state index contributed by atoms with van der Waals surface area (Å²) < 4.78 is 6.37. The maximum atomic E-state index is 14.6. The van der Waals surface area contributed by atoms with Gasteiger partial charge in [-0.1, -0.05) is 157 Å². The zero-order valence-electron chi connectivity index (χ0n) is 36.7. The summed E-state index contributed by atoms with van der Waals surface area (Å²) in [6, 6.07) is 51.8. The molecule has 69 heavy (non-hydrogen) atoms. The van der Waals surface area contributed by atoms with Gasteiger partial charge in [-0.3, -0.25) is 24.3 Å². The second kappa shape index (κ2) is 20.4. The van der Waals surface area contributed by atoms with E-state index in [2.05, 4.69) is 62.5 Å². The number of fused-ring (bicyclic) bond motifs is 1. The van der Waals surface area contributed by atoms with Gasteiger partial charge >= 0.3 is 5.97 Å². The van der Waals surface area contributed by atoms with Crippen LogP contribution in [0.2, 0.25) is 0 Å². The van der Waals surface area contributed by atoms with Crippen molar-refractivity contribution in [3.63, 3.8) is 0 Å². The van der Waals surface area contributed by atoms with Crippen LogP contribution in [0.3, 0.4) is 0 Å². The van der Waals surface area contributed by atoms with Crippen LogP contribution in [0.25, 0.3) is 0 Å². The van der Waals surface area contributed by atoms with Crippen LogP contribution in [0.15, 0.2) is 203 Å². The molecular formula is C53H43N7O6S3. The zero-order valence-corrected chi connectivity index (χ0v) is 39.2. The number of β-lactam (4-membered cyclic amide) rings is 2. The second-order valence-electron chi connectivity index (χ2n) is 16.2. The minimum atomic E-state index is -1.04.